The molecule has 1 fully saturated rings. The zero-order valence-corrected chi connectivity index (χ0v) is 18.3. The van der Waals surface area contributed by atoms with Crippen molar-refractivity contribution in [3.8, 4) is 5.69 Å². The van der Waals surface area contributed by atoms with Gasteiger partial charge >= 0.3 is 0 Å². The third-order valence-electron chi connectivity index (χ3n) is 6.20. The summed E-state index contributed by atoms with van der Waals surface area (Å²) in [4.78, 5) is 28.1. The normalized spacial score (nSPS) is 15.3. The molecule has 5 rings (SSSR count). The fraction of sp³-hybridized carbons (Fsp3) is 0.333. The predicted octanol–water partition coefficient (Wildman–Crippen LogP) is 3.35. The minimum atomic E-state index is -0.499. The molecule has 1 aliphatic rings. The van der Waals surface area contributed by atoms with Crippen LogP contribution in [0.5, 0.6) is 0 Å². The van der Waals surface area contributed by atoms with E-state index in [1.54, 1.807) is 36.4 Å². The molecule has 0 saturated carbocycles. The van der Waals surface area contributed by atoms with E-state index in [0.29, 0.717) is 22.2 Å². The van der Waals surface area contributed by atoms with Gasteiger partial charge in [-0.1, -0.05) is 25.5 Å². The molecule has 2 N–H and O–H groups in total. The number of rotatable bonds is 6. The summed E-state index contributed by atoms with van der Waals surface area (Å²) in [5.74, 6) is -0.635. The number of halogens is 1. The van der Waals surface area contributed by atoms with Gasteiger partial charge in [0.2, 0.25) is 0 Å². The number of nitrogens with one attached hydrogen (secondary N) is 2. The lowest BCUT2D eigenvalue weighted by Crippen LogP contribution is -2.46. The third kappa shape index (κ3) is 3.89. The van der Waals surface area contributed by atoms with Crippen LogP contribution in [0, 0.1) is 5.82 Å². The molecule has 0 radical (unpaired) electrons. The Morgan fingerprint density at radius 2 is 1.85 bits per heavy atom. The largest absolute Gasteiger partial charge is 0.336 e. The average Bonchev–Trinajstić information content (AvgIpc) is 3.48. The lowest BCUT2D eigenvalue weighted by atomic mass is 10.1. The first-order valence-electron chi connectivity index (χ1n) is 11.3. The van der Waals surface area contributed by atoms with Crippen molar-refractivity contribution < 1.29 is 9.18 Å². The van der Waals surface area contributed by atoms with Gasteiger partial charge in [-0.25, -0.2) is 9.07 Å². The molecule has 1 aliphatic heterocycles. The van der Waals surface area contributed by atoms with Crippen molar-refractivity contribution >= 4 is 27.8 Å². The van der Waals surface area contributed by atoms with Gasteiger partial charge in [-0.05, 0) is 49.6 Å². The summed E-state index contributed by atoms with van der Waals surface area (Å²) in [5, 5.41) is 14.4. The van der Waals surface area contributed by atoms with E-state index in [9.17, 15) is 14.0 Å². The van der Waals surface area contributed by atoms with Crippen LogP contribution in [-0.2, 0) is 0 Å². The summed E-state index contributed by atoms with van der Waals surface area (Å²) in [6.45, 7) is 4.13. The van der Waals surface area contributed by atoms with Crippen molar-refractivity contribution in [1.29, 1.82) is 0 Å². The van der Waals surface area contributed by atoms with Crippen molar-refractivity contribution in [2.24, 2.45) is 0 Å². The number of carbonyl (C=O) groups is 1. The van der Waals surface area contributed by atoms with Gasteiger partial charge in [-0.2, -0.15) is 0 Å². The molecular formula is C24H25FN6O2. The number of carbonyl (C=O) groups excluding carboxylic acids is 1. The number of aromatic nitrogens is 4. The number of H-pyrrole nitrogens is 1. The van der Waals surface area contributed by atoms with E-state index in [1.807, 2.05) is 0 Å². The first kappa shape index (κ1) is 21.3. The highest BCUT2D eigenvalue weighted by molar-refractivity contribution is 6.01. The number of fused-ring (bicyclic) bond motifs is 3. The molecule has 4 aromatic rings. The van der Waals surface area contributed by atoms with Crippen molar-refractivity contribution in [1.82, 2.24) is 30.2 Å². The molecular weight excluding hydrogens is 423 g/mol. The van der Waals surface area contributed by atoms with Crippen molar-refractivity contribution in [3.05, 3.63) is 64.2 Å². The molecule has 0 aliphatic carbocycles. The Morgan fingerprint density at radius 3 is 2.58 bits per heavy atom. The van der Waals surface area contributed by atoms with Gasteiger partial charge < -0.3 is 5.32 Å². The third-order valence-corrected chi connectivity index (χ3v) is 6.20. The Labute approximate surface area is 189 Å². The number of hydrogen-bond donors (Lipinski definition) is 2. The standard InChI is InChI=1S/C24H25FN6O2/c1-2-6-19(30-13-3-4-14-30)26-23(32)15-9-11-16(12-10-15)31-24(33)22-21(29-31)17-7-5-8-18(25)20(17)27-28-22/h5,7-12,19,29H,2-4,6,13-14H2,1H3,(H,26,32). The van der Waals surface area contributed by atoms with Gasteiger partial charge in [0, 0.05) is 24.0 Å². The molecule has 0 spiro atoms. The molecule has 3 heterocycles. The second kappa shape index (κ2) is 8.74. The minimum Gasteiger partial charge on any atom is -0.336 e. The van der Waals surface area contributed by atoms with E-state index in [2.05, 4.69) is 32.4 Å². The van der Waals surface area contributed by atoms with Crippen LogP contribution in [0.3, 0.4) is 0 Å². The summed E-state index contributed by atoms with van der Waals surface area (Å²) in [7, 11) is 0. The molecule has 33 heavy (non-hydrogen) atoms. The molecule has 2 aromatic carbocycles. The van der Waals surface area contributed by atoms with Gasteiger partial charge in [-0.3, -0.25) is 19.6 Å². The molecule has 1 atom stereocenters. The molecule has 9 heteroatoms. The van der Waals surface area contributed by atoms with Crippen LogP contribution >= 0.6 is 0 Å². The maximum absolute atomic E-state index is 14.1. The van der Waals surface area contributed by atoms with Gasteiger partial charge in [0.25, 0.3) is 11.5 Å². The quantitative estimate of drug-likeness (QED) is 0.472. The van der Waals surface area contributed by atoms with Gasteiger partial charge in [-0.15, -0.1) is 10.2 Å². The summed E-state index contributed by atoms with van der Waals surface area (Å²) in [6, 6.07) is 11.3. The van der Waals surface area contributed by atoms with E-state index in [1.165, 1.54) is 10.7 Å². The monoisotopic (exact) mass is 448 g/mol. The van der Waals surface area contributed by atoms with Crippen LogP contribution < -0.4 is 10.9 Å². The smallest absolute Gasteiger partial charge is 0.299 e. The Morgan fingerprint density at radius 1 is 1.12 bits per heavy atom. The number of nitrogens with zero attached hydrogens (tertiary/aromatic N) is 4. The fourth-order valence-corrected chi connectivity index (χ4v) is 4.48. The van der Waals surface area contributed by atoms with Gasteiger partial charge in [0.1, 0.15) is 5.52 Å². The van der Waals surface area contributed by atoms with E-state index in [0.717, 1.165) is 38.8 Å². The number of benzene rings is 2. The molecule has 1 saturated heterocycles. The zero-order valence-electron chi connectivity index (χ0n) is 18.3. The van der Waals surface area contributed by atoms with Crippen LogP contribution in [0.15, 0.2) is 47.3 Å². The van der Waals surface area contributed by atoms with E-state index < -0.39 is 11.4 Å². The van der Waals surface area contributed by atoms with Crippen LogP contribution in [-0.4, -0.2) is 50.0 Å². The maximum atomic E-state index is 14.1. The van der Waals surface area contributed by atoms with Crippen LogP contribution in [0.1, 0.15) is 43.0 Å². The van der Waals surface area contributed by atoms with Crippen LogP contribution in [0.2, 0.25) is 0 Å². The molecule has 1 unspecified atom stereocenters. The predicted molar refractivity (Wildman–Crippen MR) is 124 cm³/mol. The molecule has 1 amide bonds. The minimum absolute atomic E-state index is 0.0354. The van der Waals surface area contributed by atoms with E-state index >= 15 is 0 Å². The zero-order chi connectivity index (χ0) is 22.9. The van der Waals surface area contributed by atoms with Crippen molar-refractivity contribution in [3.63, 3.8) is 0 Å². The first-order valence-corrected chi connectivity index (χ1v) is 11.3. The van der Waals surface area contributed by atoms with E-state index in [4.69, 9.17) is 0 Å². The topological polar surface area (TPSA) is 95.9 Å². The molecule has 0 bridgehead atoms. The Hall–Kier alpha value is -3.59. The highest BCUT2D eigenvalue weighted by Crippen LogP contribution is 2.21. The second-order valence-corrected chi connectivity index (χ2v) is 8.38. The molecule has 170 valence electrons. The lowest BCUT2D eigenvalue weighted by molar-refractivity contribution is 0.0863. The Balaban J connectivity index is 1.43. The first-order chi connectivity index (χ1) is 16.1. The fourth-order valence-electron chi connectivity index (χ4n) is 4.48. The highest BCUT2D eigenvalue weighted by Gasteiger charge is 2.23. The summed E-state index contributed by atoms with van der Waals surface area (Å²) >= 11 is 0. The SMILES string of the molecule is CCCC(NC(=O)c1ccc(-n2[nH]c3c(nnc4c(F)cccc43)c2=O)cc1)N1CCCC1. The molecule has 2 aromatic heterocycles. The maximum Gasteiger partial charge on any atom is 0.299 e. The second-order valence-electron chi connectivity index (χ2n) is 8.38. The summed E-state index contributed by atoms with van der Waals surface area (Å²) in [6.07, 6.45) is 4.26. The number of amides is 1. The highest BCUT2D eigenvalue weighted by atomic mass is 19.1. The van der Waals surface area contributed by atoms with Crippen molar-refractivity contribution in [2.45, 2.75) is 38.8 Å². The molecule has 8 nitrogen and oxygen atoms in total. The summed E-state index contributed by atoms with van der Waals surface area (Å²) < 4.78 is 15.4. The lowest BCUT2D eigenvalue weighted by Gasteiger charge is -2.28. The van der Waals surface area contributed by atoms with Gasteiger partial charge in [0.15, 0.2) is 11.3 Å². The Kier molecular flexibility index (Phi) is 5.63. The van der Waals surface area contributed by atoms with Crippen LogP contribution in [0.4, 0.5) is 4.39 Å². The van der Waals surface area contributed by atoms with Crippen molar-refractivity contribution in [2.75, 3.05) is 13.1 Å². The number of likely N-dealkylation sites (tertiary alicyclic amines) is 1. The van der Waals surface area contributed by atoms with E-state index in [-0.39, 0.29) is 23.1 Å². The number of hydrogen-bond acceptors (Lipinski definition) is 5. The average molecular weight is 449 g/mol. The Bertz CT molecular complexity index is 1370. The van der Waals surface area contributed by atoms with Gasteiger partial charge in [0.05, 0.1) is 17.4 Å². The van der Waals surface area contributed by atoms with Crippen LogP contribution in [0.25, 0.3) is 27.6 Å². The number of aromatic amines is 1. The summed E-state index contributed by atoms with van der Waals surface area (Å²) in [5.41, 5.74) is 1.32.